The Hall–Kier alpha value is -3.03. The fourth-order valence-corrected chi connectivity index (χ4v) is 3.46. The maximum absolute atomic E-state index is 13.3. The summed E-state index contributed by atoms with van der Waals surface area (Å²) in [5.41, 5.74) is 1.16. The molecular weight excluding hydrogens is 352 g/mol. The summed E-state index contributed by atoms with van der Waals surface area (Å²) in [6.45, 7) is 1.42. The molecule has 1 aliphatic rings. The molecule has 0 radical (unpaired) electrons. The quantitative estimate of drug-likeness (QED) is 0.766. The maximum Gasteiger partial charge on any atom is 0.231 e. The zero-order chi connectivity index (χ0) is 18.8. The molecule has 0 aliphatic carbocycles. The number of aromatic nitrogens is 3. The monoisotopic (exact) mass is 371 g/mol. The third kappa shape index (κ3) is 3.74. The first-order valence-electron chi connectivity index (χ1n) is 8.87. The molecule has 0 saturated carbocycles. The van der Waals surface area contributed by atoms with Crippen molar-refractivity contribution < 1.29 is 13.6 Å². The second-order valence-corrected chi connectivity index (χ2v) is 6.71. The Morgan fingerprint density at radius 3 is 2.81 bits per heavy atom. The molecule has 1 unspecified atom stereocenters. The standard InChI is InChI=1S/C19H19F2N5O/c20-15-8-13(9-16(21)10-15)11-22-18(27)14-4-3-6-25(12-14)19-24-23-17-5-1-2-7-26(17)19/h1-2,5,7-10,14H,3-4,6,11-12H2,(H,22,27). The predicted octanol–water partition coefficient (Wildman–Crippen LogP) is 2.54. The van der Waals surface area contributed by atoms with Crippen molar-refractivity contribution in [2.24, 2.45) is 5.92 Å². The van der Waals surface area contributed by atoms with Crippen LogP contribution in [0.4, 0.5) is 14.7 Å². The second kappa shape index (κ2) is 7.30. The Labute approximate surface area is 154 Å². The molecule has 1 N–H and O–H groups in total. The van der Waals surface area contributed by atoms with E-state index in [1.165, 1.54) is 12.1 Å². The van der Waals surface area contributed by atoms with Gasteiger partial charge >= 0.3 is 0 Å². The highest BCUT2D eigenvalue weighted by atomic mass is 19.1. The minimum Gasteiger partial charge on any atom is -0.352 e. The van der Waals surface area contributed by atoms with Crippen molar-refractivity contribution in [2.45, 2.75) is 19.4 Å². The minimum absolute atomic E-state index is 0.0951. The largest absolute Gasteiger partial charge is 0.352 e. The number of benzene rings is 1. The van der Waals surface area contributed by atoms with Crippen LogP contribution >= 0.6 is 0 Å². The molecule has 1 aromatic carbocycles. The maximum atomic E-state index is 13.3. The number of fused-ring (bicyclic) bond motifs is 1. The normalized spacial score (nSPS) is 17.3. The van der Waals surface area contributed by atoms with E-state index >= 15 is 0 Å². The third-order valence-corrected chi connectivity index (χ3v) is 4.76. The van der Waals surface area contributed by atoms with Gasteiger partial charge in [0.25, 0.3) is 0 Å². The SMILES string of the molecule is O=C(NCc1cc(F)cc(F)c1)C1CCCN(c2nnc3ccccn23)C1. The van der Waals surface area contributed by atoms with Crippen molar-refractivity contribution in [1.29, 1.82) is 0 Å². The Bertz CT molecular complexity index is 953. The fourth-order valence-electron chi connectivity index (χ4n) is 3.46. The smallest absolute Gasteiger partial charge is 0.231 e. The van der Waals surface area contributed by atoms with E-state index in [0.29, 0.717) is 12.1 Å². The molecule has 6 nitrogen and oxygen atoms in total. The molecule has 4 rings (SSSR count). The van der Waals surface area contributed by atoms with Gasteiger partial charge in [-0.1, -0.05) is 6.07 Å². The van der Waals surface area contributed by atoms with Crippen molar-refractivity contribution >= 4 is 17.5 Å². The summed E-state index contributed by atoms with van der Waals surface area (Å²) in [6, 6.07) is 8.94. The summed E-state index contributed by atoms with van der Waals surface area (Å²) in [4.78, 5) is 14.6. The van der Waals surface area contributed by atoms with E-state index in [4.69, 9.17) is 0 Å². The highest BCUT2D eigenvalue weighted by molar-refractivity contribution is 5.79. The van der Waals surface area contributed by atoms with Crippen LogP contribution in [-0.2, 0) is 11.3 Å². The Kier molecular flexibility index (Phi) is 4.70. The molecule has 1 amide bonds. The van der Waals surface area contributed by atoms with Crippen LogP contribution in [0.3, 0.4) is 0 Å². The predicted molar refractivity (Wildman–Crippen MR) is 96.1 cm³/mol. The number of rotatable bonds is 4. The van der Waals surface area contributed by atoms with Crippen LogP contribution in [0, 0.1) is 17.6 Å². The highest BCUT2D eigenvalue weighted by Gasteiger charge is 2.28. The van der Waals surface area contributed by atoms with Crippen molar-refractivity contribution in [3.05, 3.63) is 59.8 Å². The lowest BCUT2D eigenvalue weighted by Gasteiger charge is -2.32. The van der Waals surface area contributed by atoms with Crippen LogP contribution in [-0.4, -0.2) is 33.6 Å². The van der Waals surface area contributed by atoms with Gasteiger partial charge in [-0.05, 0) is 42.7 Å². The van der Waals surface area contributed by atoms with Gasteiger partial charge < -0.3 is 10.2 Å². The van der Waals surface area contributed by atoms with Crippen LogP contribution < -0.4 is 10.2 Å². The van der Waals surface area contributed by atoms with E-state index in [9.17, 15) is 13.6 Å². The summed E-state index contributed by atoms with van der Waals surface area (Å²) in [6.07, 6.45) is 3.51. The number of piperidine rings is 1. The Morgan fingerprint density at radius 1 is 1.19 bits per heavy atom. The molecule has 1 fully saturated rings. The summed E-state index contributed by atoms with van der Waals surface area (Å²) >= 11 is 0. The third-order valence-electron chi connectivity index (χ3n) is 4.76. The molecule has 2 aromatic heterocycles. The average Bonchev–Trinajstić information content (AvgIpc) is 3.10. The fraction of sp³-hybridized carbons (Fsp3) is 0.316. The number of anilines is 1. The number of nitrogens with zero attached hydrogens (tertiary/aromatic N) is 4. The van der Waals surface area contributed by atoms with Crippen LogP contribution in [0.5, 0.6) is 0 Å². The van der Waals surface area contributed by atoms with Gasteiger partial charge in [-0.15, -0.1) is 10.2 Å². The summed E-state index contributed by atoms with van der Waals surface area (Å²) in [5, 5.41) is 11.2. The molecule has 3 aromatic rings. The van der Waals surface area contributed by atoms with E-state index in [2.05, 4.69) is 20.4 Å². The van der Waals surface area contributed by atoms with Gasteiger partial charge in [0.1, 0.15) is 11.6 Å². The number of carbonyl (C=O) groups excluding carboxylic acids is 1. The van der Waals surface area contributed by atoms with E-state index in [1.807, 2.05) is 28.8 Å². The molecule has 8 heteroatoms. The number of amides is 1. The van der Waals surface area contributed by atoms with Crippen LogP contribution in [0.15, 0.2) is 42.6 Å². The lowest BCUT2D eigenvalue weighted by Crippen LogP contribution is -2.43. The first kappa shape index (κ1) is 17.4. The van der Waals surface area contributed by atoms with Crippen molar-refractivity contribution in [3.63, 3.8) is 0 Å². The lowest BCUT2D eigenvalue weighted by molar-refractivity contribution is -0.125. The minimum atomic E-state index is -0.651. The van der Waals surface area contributed by atoms with Gasteiger partial charge in [0.2, 0.25) is 11.9 Å². The van der Waals surface area contributed by atoms with E-state index in [1.54, 1.807) is 0 Å². The first-order chi connectivity index (χ1) is 13.1. The van der Waals surface area contributed by atoms with Crippen molar-refractivity contribution in [3.8, 4) is 0 Å². The van der Waals surface area contributed by atoms with E-state index in [0.717, 1.165) is 37.0 Å². The van der Waals surface area contributed by atoms with Gasteiger partial charge in [0.15, 0.2) is 5.65 Å². The van der Waals surface area contributed by atoms with Gasteiger partial charge in [0, 0.05) is 31.9 Å². The summed E-state index contributed by atoms with van der Waals surface area (Å²) in [5.74, 6) is -0.926. The average molecular weight is 371 g/mol. The van der Waals surface area contributed by atoms with Gasteiger partial charge in [-0.25, -0.2) is 8.78 Å². The number of hydrogen-bond donors (Lipinski definition) is 1. The number of pyridine rings is 1. The molecule has 0 bridgehead atoms. The van der Waals surface area contributed by atoms with Gasteiger partial charge in [-0.2, -0.15) is 0 Å². The molecule has 3 heterocycles. The number of carbonyl (C=O) groups is 1. The van der Waals surface area contributed by atoms with Crippen LogP contribution in [0.1, 0.15) is 18.4 Å². The second-order valence-electron chi connectivity index (χ2n) is 6.71. The molecule has 1 saturated heterocycles. The lowest BCUT2D eigenvalue weighted by atomic mass is 9.97. The summed E-state index contributed by atoms with van der Waals surface area (Å²) < 4.78 is 28.4. The van der Waals surface area contributed by atoms with Crippen molar-refractivity contribution in [2.75, 3.05) is 18.0 Å². The summed E-state index contributed by atoms with van der Waals surface area (Å²) in [7, 11) is 0. The van der Waals surface area contributed by atoms with Gasteiger partial charge in [-0.3, -0.25) is 9.20 Å². The van der Waals surface area contributed by atoms with Crippen LogP contribution in [0.2, 0.25) is 0 Å². The molecule has 0 spiro atoms. The Balaban J connectivity index is 1.42. The van der Waals surface area contributed by atoms with E-state index < -0.39 is 11.6 Å². The molecule has 1 atom stereocenters. The molecule has 27 heavy (non-hydrogen) atoms. The first-order valence-corrected chi connectivity index (χ1v) is 8.87. The Morgan fingerprint density at radius 2 is 2.00 bits per heavy atom. The van der Waals surface area contributed by atoms with Crippen molar-refractivity contribution in [1.82, 2.24) is 19.9 Å². The number of nitrogens with one attached hydrogen (secondary N) is 1. The molecule has 1 aliphatic heterocycles. The van der Waals surface area contributed by atoms with E-state index in [-0.39, 0.29) is 18.4 Å². The van der Waals surface area contributed by atoms with Gasteiger partial charge in [0.05, 0.1) is 5.92 Å². The highest BCUT2D eigenvalue weighted by Crippen LogP contribution is 2.22. The topological polar surface area (TPSA) is 62.5 Å². The zero-order valence-corrected chi connectivity index (χ0v) is 14.6. The zero-order valence-electron chi connectivity index (χ0n) is 14.6. The molecule has 140 valence electrons. The molecular formula is C19H19F2N5O. The van der Waals surface area contributed by atoms with Crippen LogP contribution in [0.25, 0.3) is 5.65 Å². The number of halogens is 2. The number of hydrogen-bond acceptors (Lipinski definition) is 4.